The minimum absolute atomic E-state index is 0.0756. The van der Waals surface area contributed by atoms with Gasteiger partial charge < -0.3 is 15.0 Å². The molecule has 2 amide bonds. The lowest BCUT2D eigenvalue weighted by Gasteiger charge is -2.31. The van der Waals surface area contributed by atoms with Gasteiger partial charge in [-0.2, -0.15) is 0 Å². The second kappa shape index (κ2) is 15.6. The fourth-order valence-corrected chi connectivity index (χ4v) is 5.28. The highest BCUT2D eigenvalue weighted by molar-refractivity contribution is 7.92. The molecular weight excluding hydrogens is 526 g/mol. The number of nitrogens with one attached hydrogen (secondary N) is 1. The zero-order valence-corrected chi connectivity index (χ0v) is 24.4. The normalized spacial score (nSPS) is 12.0. The van der Waals surface area contributed by atoms with E-state index >= 15 is 0 Å². The summed E-state index contributed by atoms with van der Waals surface area (Å²) >= 11 is 6.38. The third kappa shape index (κ3) is 9.51. The van der Waals surface area contributed by atoms with Gasteiger partial charge in [-0.25, -0.2) is 8.42 Å². The van der Waals surface area contributed by atoms with Crippen LogP contribution < -0.4 is 14.4 Å². The van der Waals surface area contributed by atoms with Crippen LogP contribution in [0.15, 0.2) is 48.5 Å². The van der Waals surface area contributed by atoms with Crippen LogP contribution in [0.5, 0.6) is 5.75 Å². The molecule has 0 spiro atoms. The Kier molecular flexibility index (Phi) is 12.9. The van der Waals surface area contributed by atoms with Gasteiger partial charge in [-0.15, -0.1) is 0 Å². The predicted molar refractivity (Wildman–Crippen MR) is 153 cm³/mol. The van der Waals surface area contributed by atoms with Crippen molar-refractivity contribution in [3.8, 4) is 5.75 Å². The zero-order chi connectivity index (χ0) is 28.1. The number of amides is 2. The van der Waals surface area contributed by atoms with Crippen molar-refractivity contribution < 1.29 is 22.7 Å². The molecule has 0 aliphatic carbocycles. The Morgan fingerprint density at radius 2 is 1.71 bits per heavy atom. The predicted octanol–water partition coefficient (Wildman–Crippen LogP) is 5.01. The molecule has 0 aliphatic heterocycles. The van der Waals surface area contributed by atoms with Crippen molar-refractivity contribution in [2.45, 2.75) is 65.5 Å². The highest BCUT2D eigenvalue weighted by Crippen LogP contribution is 2.24. The smallest absolute Gasteiger partial charge is 0.242 e. The van der Waals surface area contributed by atoms with Crippen LogP contribution in [0.3, 0.4) is 0 Å². The first-order chi connectivity index (χ1) is 18.1. The van der Waals surface area contributed by atoms with Crippen molar-refractivity contribution in [1.82, 2.24) is 10.2 Å². The molecule has 2 aromatic carbocycles. The molecule has 0 unspecified atom stereocenters. The van der Waals surface area contributed by atoms with E-state index in [9.17, 15) is 18.0 Å². The zero-order valence-electron chi connectivity index (χ0n) is 22.8. The van der Waals surface area contributed by atoms with E-state index in [0.29, 0.717) is 36.0 Å². The lowest BCUT2D eigenvalue weighted by molar-refractivity contribution is -0.141. The highest BCUT2D eigenvalue weighted by Gasteiger charge is 2.29. The first-order valence-corrected chi connectivity index (χ1v) is 15.4. The lowest BCUT2D eigenvalue weighted by atomic mass is 10.1. The molecule has 1 atom stereocenters. The molecule has 2 aromatic rings. The molecule has 0 aromatic heterocycles. The number of ether oxygens (including phenoxy) is 1. The summed E-state index contributed by atoms with van der Waals surface area (Å²) in [4.78, 5) is 28.1. The summed E-state index contributed by atoms with van der Waals surface area (Å²) in [6.07, 6.45) is 3.74. The summed E-state index contributed by atoms with van der Waals surface area (Å²) in [5, 5.41) is 3.45. The quantitative estimate of drug-likeness (QED) is 0.289. The molecule has 8 nitrogen and oxygen atoms in total. The average Bonchev–Trinajstić information content (AvgIpc) is 2.88. The van der Waals surface area contributed by atoms with E-state index < -0.39 is 16.1 Å². The largest absolute Gasteiger partial charge is 0.494 e. The third-order valence-corrected chi connectivity index (χ3v) is 7.66. The lowest BCUT2D eigenvalue weighted by Crippen LogP contribution is -2.49. The number of halogens is 1. The van der Waals surface area contributed by atoms with Crippen LogP contribution in [0.25, 0.3) is 0 Å². The van der Waals surface area contributed by atoms with Crippen LogP contribution in [0.4, 0.5) is 5.69 Å². The molecule has 10 heteroatoms. The van der Waals surface area contributed by atoms with Gasteiger partial charge in [-0.05, 0) is 62.1 Å². The monoisotopic (exact) mass is 565 g/mol. The van der Waals surface area contributed by atoms with E-state index in [0.717, 1.165) is 24.7 Å². The second-order valence-corrected chi connectivity index (χ2v) is 11.4. The number of carbonyl (C=O) groups excluding carboxylic acids is 2. The maximum absolute atomic E-state index is 13.5. The fraction of sp³-hybridized carbons (Fsp3) is 0.500. The Morgan fingerprint density at radius 3 is 2.29 bits per heavy atom. The topological polar surface area (TPSA) is 96.0 Å². The minimum atomic E-state index is -3.58. The number of rotatable bonds is 16. The van der Waals surface area contributed by atoms with Gasteiger partial charge in [-0.3, -0.25) is 13.9 Å². The minimum Gasteiger partial charge on any atom is -0.494 e. The van der Waals surface area contributed by atoms with Crippen molar-refractivity contribution in [1.29, 1.82) is 0 Å². The van der Waals surface area contributed by atoms with Crippen molar-refractivity contribution >= 4 is 39.1 Å². The van der Waals surface area contributed by atoms with E-state index in [4.69, 9.17) is 16.3 Å². The van der Waals surface area contributed by atoms with Crippen LogP contribution in [0, 0.1) is 0 Å². The number of hydrogen-bond donors (Lipinski definition) is 1. The van der Waals surface area contributed by atoms with Gasteiger partial charge in [0.15, 0.2) is 0 Å². The van der Waals surface area contributed by atoms with Gasteiger partial charge in [0.05, 0.1) is 18.6 Å². The molecule has 0 saturated heterocycles. The van der Waals surface area contributed by atoms with Crippen LogP contribution in [0.1, 0.15) is 58.4 Å². The van der Waals surface area contributed by atoms with Gasteiger partial charge in [-0.1, -0.05) is 50.1 Å². The van der Waals surface area contributed by atoms with Gasteiger partial charge in [0, 0.05) is 31.1 Å². The van der Waals surface area contributed by atoms with Crippen molar-refractivity contribution in [2.24, 2.45) is 0 Å². The fourth-order valence-electron chi connectivity index (χ4n) is 4.12. The van der Waals surface area contributed by atoms with E-state index in [-0.39, 0.29) is 37.7 Å². The number of benzene rings is 2. The third-order valence-electron chi connectivity index (χ3n) is 6.10. The highest BCUT2D eigenvalue weighted by atomic mass is 35.5. The molecule has 0 radical (unpaired) electrons. The molecule has 0 heterocycles. The number of nitrogens with zero attached hydrogens (tertiary/aromatic N) is 2. The molecule has 0 fully saturated rings. The number of carbonyl (C=O) groups is 2. The van der Waals surface area contributed by atoms with E-state index in [1.165, 1.54) is 4.31 Å². The van der Waals surface area contributed by atoms with E-state index in [1.807, 2.05) is 39.0 Å². The standard InChI is InChI=1S/C28H40ClN3O5S/c1-5-8-19-30-28(34)26(6-2)31(21-22-12-9-10-13-25(22)29)27(33)14-11-20-32(38(4,35)36)23-15-17-24(18-16-23)37-7-3/h9-10,12-13,15-18,26H,5-8,11,14,19-21H2,1-4H3,(H,30,34)/t26-/m0/s1. The number of unbranched alkanes of at least 4 members (excludes halogenated alkanes) is 1. The number of hydrogen-bond acceptors (Lipinski definition) is 5. The Hall–Kier alpha value is -2.78. The summed E-state index contributed by atoms with van der Waals surface area (Å²) in [6.45, 7) is 7.16. The maximum atomic E-state index is 13.5. The first-order valence-electron chi connectivity index (χ1n) is 13.1. The Balaban J connectivity index is 2.19. The summed E-state index contributed by atoms with van der Waals surface area (Å²) in [5.41, 5.74) is 1.24. The molecule has 2 rings (SSSR count). The molecule has 0 bridgehead atoms. The summed E-state index contributed by atoms with van der Waals surface area (Å²) in [6, 6.07) is 13.4. The Bertz CT molecular complexity index is 1140. The Labute approximate surface area is 232 Å². The van der Waals surface area contributed by atoms with Crippen molar-refractivity contribution in [3.05, 3.63) is 59.1 Å². The molecule has 38 heavy (non-hydrogen) atoms. The van der Waals surface area contributed by atoms with Crippen molar-refractivity contribution in [2.75, 3.05) is 30.3 Å². The first kappa shape index (κ1) is 31.4. The van der Waals surface area contributed by atoms with Crippen LogP contribution >= 0.6 is 11.6 Å². The summed E-state index contributed by atoms with van der Waals surface area (Å²) < 4.78 is 31.8. The maximum Gasteiger partial charge on any atom is 0.242 e. The van der Waals surface area contributed by atoms with Crippen LogP contribution in [-0.4, -0.2) is 57.1 Å². The van der Waals surface area contributed by atoms with Crippen molar-refractivity contribution in [3.63, 3.8) is 0 Å². The van der Waals surface area contributed by atoms with Gasteiger partial charge >= 0.3 is 0 Å². The van der Waals surface area contributed by atoms with Crippen LogP contribution in [0.2, 0.25) is 5.02 Å². The van der Waals surface area contributed by atoms with Gasteiger partial charge in [0.25, 0.3) is 0 Å². The number of anilines is 1. The second-order valence-electron chi connectivity index (χ2n) is 9.05. The summed E-state index contributed by atoms with van der Waals surface area (Å²) in [5.74, 6) is 0.217. The molecule has 1 N–H and O–H groups in total. The molecule has 0 saturated carbocycles. The van der Waals surface area contributed by atoms with Gasteiger partial charge in [0.1, 0.15) is 11.8 Å². The van der Waals surface area contributed by atoms with Crippen LogP contribution in [-0.2, 0) is 26.2 Å². The Morgan fingerprint density at radius 1 is 1.03 bits per heavy atom. The van der Waals surface area contributed by atoms with E-state index in [2.05, 4.69) is 5.32 Å². The van der Waals surface area contributed by atoms with Gasteiger partial charge in [0.2, 0.25) is 21.8 Å². The molecule has 0 aliphatic rings. The summed E-state index contributed by atoms with van der Waals surface area (Å²) in [7, 11) is -3.58. The number of sulfonamides is 1. The SMILES string of the molecule is CCCCNC(=O)[C@H](CC)N(Cc1ccccc1Cl)C(=O)CCCN(c1ccc(OCC)cc1)S(C)(=O)=O. The molecular formula is C28H40ClN3O5S. The average molecular weight is 566 g/mol. The van der Waals surface area contributed by atoms with E-state index in [1.54, 1.807) is 35.2 Å². The molecule has 210 valence electrons.